The van der Waals surface area contributed by atoms with Crippen LogP contribution in [-0.4, -0.2) is 89.7 Å². The molecule has 0 amide bonds. The molecule has 2 aromatic rings. The summed E-state index contributed by atoms with van der Waals surface area (Å²) in [6, 6.07) is 6.26. The molecule has 2 N–H and O–H groups in total. The number of benzene rings is 2. The molecule has 5 rings (SSSR count). The van der Waals surface area contributed by atoms with E-state index < -0.39 is 79.4 Å². The maximum atomic E-state index is 12.9. The molecule has 0 atom stereocenters. The first kappa shape index (κ1) is 52.3. The molecule has 3 heterocycles. The molecular weight excluding hydrogens is 901 g/mol. The quantitative estimate of drug-likeness (QED) is 0.232. The highest BCUT2D eigenvalue weighted by Crippen LogP contribution is 2.51. The van der Waals surface area contributed by atoms with Gasteiger partial charge in [-0.3, -0.25) is 0 Å². The second-order valence-electron chi connectivity index (χ2n) is 17.4. The number of halogens is 13. The molecule has 0 saturated carbocycles. The third kappa shape index (κ3) is 9.85. The Morgan fingerprint density at radius 1 is 0.400 bits per heavy atom. The van der Waals surface area contributed by atoms with Gasteiger partial charge >= 0.3 is 45.8 Å². The Morgan fingerprint density at radius 2 is 0.617 bits per heavy atom. The van der Waals surface area contributed by atoms with Crippen LogP contribution in [0.5, 0.6) is 0 Å². The fourth-order valence-electron chi connectivity index (χ4n) is 5.53. The number of aliphatic hydroxyl groups is 2. The van der Waals surface area contributed by atoms with Crippen molar-refractivity contribution in [2.45, 2.75) is 153 Å². The number of alkyl halides is 12. The van der Waals surface area contributed by atoms with Gasteiger partial charge in [0.2, 0.25) is 0 Å². The van der Waals surface area contributed by atoms with E-state index in [1.807, 2.05) is 55.4 Å². The molecule has 338 valence electrons. The largest absolute Gasteiger partial charge is 0.494 e. The minimum absolute atomic E-state index is 0.245. The molecule has 0 aromatic heterocycles. The van der Waals surface area contributed by atoms with E-state index in [9.17, 15) is 57.8 Å². The SMILES string of the molecule is CC1(C)OB(B2OC(C)(C)C(C)(C)O2)OC1(C)C.CC1(C)OB(c2ccc(C(O)(C(F)(F)F)C(F)(F)F)cc2)OC1(C)C.OC(c1ccc(Br)cc1)(C(F)(F)F)C(F)(F)F. The first-order valence-electron chi connectivity index (χ1n) is 18.1. The second kappa shape index (κ2) is 16.2. The van der Waals surface area contributed by atoms with Gasteiger partial charge in [-0.2, -0.15) is 52.7 Å². The van der Waals surface area contributed by atoms with Crippen LogP contribution < -0.4 is 5.46 Å². The van der Waals surface area contributed by atoms with Crippen LogP contribution in [0.4, 0.5) is 52.7 Å². The Kier molecular flexibility index (Phi) is 14.1. The molecule has 0 spiro atoms. The highest BCUT2D eigenvalue weighted by atomic mass is 79.9. The highest BCUT2D eigenvalue weighted by Gasteiger charge is 2.72. The molecule has 2 aromatic carbocycles. The van der Waals surface area contributed by atoms with E-state index in [2.05, 4.69) is 15.9 Å². The van der Waals surface area contributed by atoms with Gasteiger partial charge in [-0.1, -0.05) is 52.3 Å². The van der Waals surface area contributed by atoms with Crippen molar-refractivity contribution in [3.63, 3.8) is 0 Å². The van der Waals surface area contributed by atoms with Crippen molar-refractivity contribution in [3.8, 4) is 0 Å². The van der Waals surface area contributed by atoms with Crippen LogP contribution in [-0.2, 0) is 39.1 Å². The number of hydrogen-bond acceptors (Lipinski definition) is 8. The van der Waals surface area contributed by atoms with E-state index in [1.54, 1.807) is 27.7 Å². The van der Waals surface area contributed by atoms with Gasteiger partial charge in [0.05, 0.1) is 33.6 Å². The maximum Gasteiger partial charge on any atom is 0.494 e. The zero-order valence-corrected chi connectivity index (χ0v) is 36.2. The summed E-state index contributed by atoms with van der Waals surface area (Å²) in [5.41, 5.74) is -15.0. The standard InChI is InChI=1S/C15H17BF6O3.C12H24B2O4.C9H5BrF6O/c1-11(2)12(3,4)25-16(24-11)10-7-5-9(6-8-10)13(23,14(17,18)19)15(20,21)22;1-9(2)10(3,4)16-13(15-9)14-17-11(5,6)12(7,8)18-14;10-6-3-1-5(2-4-6)7(17,8(11,12)13)9(14,15)16/h5-8,23H,1-4H3;1-8H3;1-4,17H. The van der Waals surface area contributed by atoms with Crippen LogP contribution in [0.25, 0.3) is 0 Å². The summed E-state index contributed by atoms with van der Waals surface area (Å²) in [6.45, 7) is 23.2. The molecular formula is C36H46B3BrF12O8. The minimum atomic E-state index is -5.92. The predicted octanol–water partition coefficient (Wildman–Crippen LogP) is 9.31. The molecule has 60 heavy (non-hydrogen) atoms. The van der Waals surface area contributed by atoms with Gasteiger partial charge in [0.1, 0.15) is 0 Å². The van der Waals surface area contributed by atoms with E-state index in [0.29, 0.717) is 28.7 Å². The predicted molar refractivity (Wildman–Crippen MR) is 200 cm³/mol. The van der Waals surface area contributed by atoms with Crippen molar-refractivity contribution < 1.29 is 90.8 Å². The lowest BCUT2D eigenvalue weighted by Crippen LogP contribution is -2.54. The summed E-state index contributed by atoms with van der Waals surface area (Å²) in [5.74, 6) is 0. The van der Waals surface area contributed by atoms with E-state index in [4.69, 9.17) is 33.0 Å². The van der Waals surface area contributed by atoms with Gasteiger partial charge in [-0.25, -0.2) is 0 Å². The lowest BCUT2D eigenvalue weighted by molar-refractivity contribution is -0.376. The monoisotopic (exact) mass is 946 g/mol. The van der Waals surface area contributed by atoms with Gasteiger partial charge < -0.3 is 38.1 Å². The third-order valence-corrected chi connectivity index (χ3v) is 12.1. The molecule has 0 aliphatic carbocycles. The third-order valence-electron chi connectivity index (χ3n) is 11.5. The van der Waals surface area contributed by atoms with E-state index in [-0.39, 0.29) is 27.9 Å². The molecule has 8 nitrogen and oxygen atoms in total. The molecule has 0 unspecified atom stereocenters. The molecule has 3 saturated heterocycles. The maximum absolute atomic E-state index is 12.9. The van der Waals surface area contributed by atoms with Crippen molar-refractivity contribution in [1.82, 2.24) is 0 Å². The van der Waals surface area contributed by atoms with Crippen molar-refractivity contribution in [2.75, 3.05) is 0 Å². The summed E-state index contributed by atoms with van der Waals surface area (Å²) in [7, 11) is -1.89. The van der Waals surface area contributed by atoms with E-state index in [1.165, 1.54) is 0 Å². The zero-order chi connectivity index (χ0) is 46.9. The highest BCUT2D eigenvalue weighted by molar-refractivity contribution is 9.10. The molecule has 3 fully saturated rings. The lowest BCUT2D eigenvalue weighted by atomic mass is 9.49. The topological polar surface area (TPSA) is 95.8 Å². The van der Waals surface area contributed by atoms with Gasteiger partial charge in [0.15, 0.2) is 0 Å². The number of hydrogen-bond donors (Lipinski definition) is 2. The van der Waals surface area contributed by atoms with E-state index >= 15 is 0 Å². The molecule has 3 aliphatic rings. The first-order chi connectivity index (χ1) is 26.4. The van der Waals surface area contributed by atoms with Crippen LogP contribution in [0, 0.1) is 0 Å². The van der Waals surface area contributed by atoms with Crippen molar-refractivity contribution >= 4 is 42.5 Å². The summed E-state index contributed by atoms with van der Waals surface area (Å²) < 4.78 is 187. The average Bonchev–Trinajstić information content (AvgIpc) is 3.52. The van der Waals surface area contributed by atoms with Crippen LogP contribution in [0.3, 0.4) is 0 Å². The fourth-order valence-corrected chi connectivity index (χ4v) is 5.79. The summed E-state index contributed by atoms with van der Waals surface area (Å²) >= 11 is 2.87. The Hall–Kier alpha value is -2.05. The Balaban J connectivity index is 0.000000247. The fraction of sp³-hybridized carbons (Fsp3) is 0.667. The van der Waals surface area contributed by atoms with Gasteiger partial charge in [0, 0.05) is 15.6 Å². The van der Waals surface area contributed by atoms with E-state index in [0.717, 1.165) is 24.3 Å². The van der Waals surface area contributed by atoms with Gasteiger partial charge in [0.25, 0.3) is 11.2 Å². The molecule has 0 radical (unpaired) electrons. The molecule has 0 bridgehead atoms. The number of rotatable bonds is 4. The normalized spacial score (nSPS) is 22.2. The summed E-state index contributed by atoms with van der Waals surface area (Å²) in [4.78, 5) is 0. The van der Waals surface area contributed by atoms with Crippen molar-refractivity contribution in [3.05, 3.63) is 64.1 Å². The molecule has 3 aliphatic heterocycles. The van der Waals surface area contributed by atoms with Crippen LogP contribution in [0.1, 0.15) is 94.2 Å². The van der Waals surface area contributed by atoms with Gasteiger partial charge in [-0.15, -0.1) is 0 Å². The second-order valence-corrected chi connectivity index (χ2v) is 18.3. The lowest BCUT2D eigenvalue weighted by Gasteiger charge is -2.32. The summed E-state index contributed by atoms with van der Waals surface area (Å²) in [5, 5.41) is 18.3. The Morgan fingerprint density at radius 3 is 0.850 bits per heavy atom. The average molecular weight is 947 g/mol. The van der Waals surface area contributed by atoms with Crippen LogP contribution >= 0.6 is 15.9 Å². The Bertz CT molecular complexity index is 1690. The minimum Gasteiger partial charge on any atom is -0.405 e. The van der Waals surface area contributed by atoms with Crippen LogP contribution in [0.15, 0.2) is 53.0 Å². The summed E-state index contributed by atoms with van der Waals surface area (Å²) in [6.07, 6.45) is -23.5. The van der Waals surface area contributed by atoms with Crippen LogP contribution in [0.2, 0.25) is 0 Å². The van der Waals surface area contributed by atoms with Crippen molar-refractivity contribution in [1.29, 1.82) is 0 Å². The van der Waals surface area contributed by atoms with Gasteiger partial charge in [-0.05, 0) is 101 Å². The Labute approximate surface area is 349 Å². The molecule has 24 heteroatoms. The smallest absolute Gasteiger partial charge is 0.405 e. The zero-order valence-electron chi connectivity index (χ0n) is 34.6. The first-order valence-corrected chi connectivity index (χ1v) is 18.9. The van der Waals surface area contributed by atoms with Crippen molar-refractivity contribution in [2.24, 2.45) is 0 Å².